The van der Waals surface area contributed by atoms with Gasteiger partial charge in [0.2, 0.25) is 41.4 Å². The molecular formula is C63H88CoN14O14P-. The molecule has 93 heavy (non-hydrogen) atoms. The first kappa shape index (κ1) is 75.0. The van der Waals surface area contributed by atoms with Crippen molar-refractivity contribution in [2.45, 2.75) is 189 Å². The van der Waals surface area contributed by atoms with E-state index in [-0.39, 0.29) is 94.0 Å². The minimum absolute atomic E-state index is 0. The summed E-state index contributed by atoms with van der Waals surface area (Å²) >= 11 is 0. The molecule has 0 spiro atoms. The van der Waals surface area contributed by atoms with Crippen molar-refractivity contribution in [3.63, 3.8) is 0 Å². The van der Waals surface area contributed by atoms with E-state index < -0.39 is 143 Å². The van der Waals surface area contributed by atoms with E-state index in [2.05, 4.69) is 10.3 Å². The van der Waals surface area contributed by atoms with Gasteiger partial charge in [0.25, 0.3) is 7.82 Å². The number of hydrogen-bond acceptors (Lipinski definition) is 19. The number of nitrogens with zero attached hydrogens (tertiary/aromatic N) is 7. The van der Waals surface area contributed by atoms with Gasteiger partial charge in [-0.2, -0.15) is 5.70 Å². The molecule has 15 N–H and O–H groups in total. The van der Waals surface area contributed by atoms with Crippen molar-refractivity contribution in [3.05, 3.63) is 75.8 Å². The number of rotatable bonds is 26. The van der Waals surface area contributed by atoms with Crippen molar-refractivity contribution >= 4 is 77.3 Å². The second-order valence-electron chi connectivity index (χ2n) is 27.0. The molecule has 8 rings (SSSR count). The third-order valence-electron chi connectivity index (χ3n) is 20.5. The Morgan fingerprint density at radius 2 is 1.39 bits per heavy atom. The fourth-order valence-electron chi connectivity index (χ4n) is 15.3. The fourth-order valence-corrected chi connectivity index (χ4v) is 16.4. The van der Waals surface area contributed by atoms with Gasteiger partial charge in [0, 0.05) is 108 Å². The first-order valence-corrected chi connectivity index (χ1v) is 32.2. The van der Waals surface area contributed by atoms with Crippen LogP contribution >= 0.6 is 7.82 Å². The van der Waals surface area contributed by atoms with E-state index >= 15 is 0 Å². The summed E-state index contributed by atoms with van der Waals surface area (Å²) in [7, 11) is -5.32. The van der Waals surface area contributed by atoms with Crippen LogP contribution in [0.2, 0.25) is 0 Å². The van der Waals surface area contributed by atoms with Crippen LogP contribution in [0.5, 0.6) is 0 Å². The largest absolute Gasteiger partial charge is 2.00 e. The number of phosphoric ester groups is 1. The topological polar surface area (TPSA) is 489 Å². The number of aliphatic hydroxyl groups excluding tert-OH is 2. The van der Waals surface area contributed by atoms with E-state index in [0.29, 0.717) is 56.4 Å². The third kappa shape index (κ3) is 14.6. The van der Waals surface area contributed by atoms with E-state index in [4.69, 9.17) is 80.3 Å². The number of imidazole rings is 1. The van der Waals surface area contributed by atoms with Crippen LogP contribution in [0.3, 0.4) is 0 Å². The molecule has 15 atom stereocenters. The van der Waals surface area contributed by atoms with E-state index in [9.17, 15) is 53.2 Å². The van der Waals surface area contributed by atoms with Crippen LogP contribution in [-0.4, -0.2) is 127 Å². The average Bonchev–Trinajstić information content (AvgIpc) is 1.53. The number of phosphoric acid groups is 1. The number of benzene rings is 1. The predicted molar refractivity (Wildman–Crippen MR) is 337 cm³/mol. The SMILES string of the molecule is CC1=C2N=C(C=C3N=C(C(C)=C4[N-]C(C(CC(N)=O)C4(C)CCC(=O)NCC(C)OP(=O)([O-])OC4C(CO)OC(n5cnc6cc(C)c(C)cc65)C4O)C4(C)N=C1C(CCC(N)=O)C4(C)CC(N)=O)C(CCC(N)=O)C3(C)C)C(CCC(N)=O)C2(C)CC(N)=O.[C-]#N.[Co+2]. The zero-order valence-corrected chi connectivity index (χ0v) is 56.4. The van der Waals surface area contributed by atoms with Crippen LogP contribution < -0.4 is 44.6 Å². The summed E-state index contributed by atoms with van der Waals surface area (Å²) in [6, 6.07) is 2.65. The Labute approximate surface area is 551 Å². The first-order chi connectivity index (χ1) is 42.8. The zero-order chi connectivity index (χ0) is 68.7. The number of nitrogens with two attached hydrogens (primary N) is 6. The molecule has 0 aliphatic carbocycles. The van der Waals surface area contributed by atoms with Crippen LogP contribution in [0.4, 0.5) is 0 Å². The number of nitrogens with one attached hydrogen (secondary N) is 1. The molecule has 1 radical (unpaired) electrons. The number of amides is 7. The maximum Gasteiger partial charge on any atom is 2.00 e. The minimum Gasteiger partial charge on any atom is -0.756 e. The van der Waals surface area contributed by atoms with E-state index in [1.54, 1.807) is 6.92 Å². The van der Waals surface area contributed by atoms with Crippen LogP contribution in [0.15, 0.2) is 67.8 Å². The molecule has 7 heterocycles. The molecule has 28 nitrogen and oxygen atoms in total. The Morgan fingerprint density at radius 3 is 1.96 bits per heavy atom. The smallest absolute Gasteiger partial charge is 0.756 e. The van der Waals surface area contributed by atoms with Crippen molar-refractivity contribution in [1.29, 1.82) is 5.26 Å². The summed E-state index contributed by atoms with van der Waals surface area (Å²) in [5.74, 6) is -7.40. The number of aliphatic hydroxyl groups is 2. The maximum atomic E-state index is 14.4. The van der Waals surface area contributed by atoms with Gasteiger partial charge in [0.05, 0.1) is 41.3 Å². The molecule has 15 unspecified atom stereocenters. The van der Waals surface area contributed by atoms with Gasteiger partial charge in [-0.3, -0.25) is 53.1 Å². The summed E-state index contributed by atoms with van der Waals surface area (Å²) in [5, 5.41) is 36.4. The second kappa shape index (κ2) is 28.5. The van der Waals surface area contributed by atoms with Crippen molar-refractivity contribution in [2.75, 3.05) is 13.2 Å². The molecule has 8 bridgehead atoms. The van der Waals surface area contributed by atoms with Gasteiger partial charge in [-0.25, -0.2) is 4.98 Å². The van der Waals surface area contributed by atoms with Gasteiger partial charge in [0.1, 0.15) is 18.3 Å². The first-order valence-electron chi connectivity index (χ1n) is 30.7. The van der Waals surface area contributed by atoms with Crippen molar-refractivity contribution in [3.8, 4) is 0 Å². The van der Waals surface area contributed by atoms with E-state index in [0.717, 1.165) is 11.1 Å². The molecular weight excluding hydrogens is 1270 g/mol. The van der Waals surface area contributed by atoms with Crippen LogP contribution in [0.25, 0.3) is 16.4 Å². The molecule has 1 aromatic heterocycles. The summed E-state index contributed by atoms with van der Waals surface area (Å²) in [6.45, 7) is 23.7. The van der Waals surface area contributed by atoms with Crippen molar-refractivity contribution in [2.24, 2.45) is 94.7 Å². The number of aliphatic imine (C=N–C) groups is 3. The van der Waals surface area contributed by atoms with Gasteiger partial charge in [-0.15, -0.1) is 0 Å². The number of ether oxygens (including phenoxy) is 1. The van der Waals surface area contributed by atoms with Crippen molar-refractivity contribution < 1.29 is 83.8 Å². The number of carbonyl (C=O) groups is 7. The van der Waals surface area contributed by atoms with Gasteiger partial charge >= 0.3 is 16.8 Å². The van der Waals surface area contributed by atoms with Crippen LogP contribution in [0.1, 0.15) is 150 Å². The standard InChI is InChI=1S/C62H90N13O14P.CN.Co/c1-29-20-39-40(21-30(29)2)75(28-70-39)57-52(84)53(41(27-76)87-57)89-90(85,86)88-31(3)26-69-49(83)18-19-59(8)37(22-46(66)80)56-62(11)61(10,25-48(68)82)36(14-17-45(65)79)51(74-62)33(5)55-60(9,24-47(67)81)34(12-15-43(63)77)38(71-55)23-42-58(6,7)35(13-16-44(64)78)50(72-42)32(4)54(59)73-56;1-2;/h20-21,23,28,31,34-37,41,52-53,56-57,76,84H,12-19,22,24-27H2,1-11H3,(H15,63,64,65,66,67,68,69,71,72,73,74,77,78,79,80,81,82,83,85,86);;/q;-1;+2/p-2. The van der Waals surface area contributed by atoms with E-state index in [1.165, 1.54) is 17.8 Å². The molecule has 0 saturated carbocycles. The second-order valence-corrected chi connectivity index (χ2v) is 28.3. The Morgan fingerprint density at radius 1 is 0.806 bits per heavy atom. The Balaban J connectivity index is 0.00000453. The predicted octanol–water partition coefficient (Wildman–Crippen LogP) is 3.41. The molecule has 6 aliphatic rings. The summed E-state index contributed by atoms with van der Waals surface area (Å²) in [5.41, 5.74) is 36.7. The number of allylic oxidation sites excluding steroid dienone is 6. The van der Waals surface area contributed by atoms with Gasteiger partial charge in [-0.1, -0.05) is 40.7 Å². The van der Waals surface area contributed by atoms with Crippen LogP contribution in [-0.2, 0) is 68.7 Å². The molecule has 1 aromatic carbocycles. The van der Waals surface area contributed by atoms with Gasteiger partial charge < -0.3 is 90.3 Å². The number of aryl methyl sites for hydroxylation is 2. The summed E-state index contributed by atoms with van der Waals surface area (Å²) < 4.78 is 31.9. The molecule has 2 fully saturated rings. The monoisotopic (exact) mass is 1350 g/mol. The Bertz CT molecular complexity index is 3600. The third-order valence-corrected chi connectivity index (χ3v) is 21.6. The molecule has 6 aliphatic heterocycles. The molecule has 7 amide bonds. The number of aromatic nitrogens is 2. The zero-order valence-electron chi connectivity index (χ0n) is 54.4. The Hall–Kier alpha value is -7.00. The van der Waals surface area contributed by atoms with Crippen LogP contribution in [0, 0.1) is 71.0 Å². The Kier molecular flexibility index (Phi) is 23.0. The van der Waals surface area contributed by atoms with Gasteiger partial charge in [0.15, 0.2) is 6.23 Å². The normalized spacial score (nSPS) is 31.0. The fraction of sp³-hybridized carbons (Fsp3) is 0.619. The van der Waals surface area contributed by atoms with Gasteiger partial charge in [-0.05, 0) is 119 Å². The summed E-state index contributed by atoms with van der Waals surface area (Å²) in [4.78, 5) is 128. The number of hydrogen-bond donors (Lipinski definition) is 9. The van der Waals surface area contributed by atoms with E-state index in [1.807, 2.05) is 80.5 Å². The van der Waals surface area contributed by atoms with Crippen molar-refractivity contribution in [1.82, 2.24) is 14.9 Å². The number of carbonyl (C=O) groups excluding carboxylic acids is 7. The maximum absolute atomic E-state index is 14.4. The summed E-state index contributed by atoms with van der Waals surface area (Å²) in [6.07, 6.45) is -4.79. The molecule has 509 valence electrons. The minimum atomic E-state index is -5.32. The quantitative estimate of drug-likeness (QED) is 0.0481. The number of primary amides is 6. The number of fused-ring (bicyclic) bond motifs is 7. The molecule has 2 saturated heterocycles. The molecule has 30 heteroatoms. The average molecular weight is 1360 g/mol. The molecule has 2 aromatic rings.